The number of nitriles is 1. The summed E-state index contributed by atoms with van der Waals surface area (Å²) in [4.78, 5) is 0. The van der Waals surface area contributed by atoms with Crippen LogP contribution in [-0.2, 0) is 17.9 Å². The van der Waals surface area contributed by atoms with Crippen molar-refractivity contribution in [2.75, 3.05) is 12.4 Å². The molecule has 0 aliphatic heterocycles. The summed E-state index contributed by atoms with van der Waals surface area (Å²) in [5, 5.41) is 20.6. The van der Waals surface area contributed by atoms with Crippen molar-refractivity contribution in [1.82, 2.24) is 10.2 Å². The predicted octanol–water partition coefficient (Wildman–Crippen LogP) is 2.72. The Hall–Kier alpha value is -2.45. The summed E-state index contributed by atoms with van der Waals surface area (Å²) < 4.78 is 5.19. The normalized spacial score (nSPS) is 10.2. The number of nitrogens with one attached hydrogen (secondary N) is 1. The Bertz CT molecular complexity index is 676. The zero-order valence-corrected chi connectivity index (χ0v) is 12.5. The van der Waals surface area contributed by atoms with Crippen LogP contribution in [0.4, 0.5) is 5.82 Å². The van der Waals surface area contributed by atoms with Gasteiger partial charge in [0.15, 0.2) is 5.82 Å². The molecule has 0 saturated carbocycles. The average Bonchev–Trinajstić information content (AvgIpc) is 2.50. The van der Waals surface area contributed by atoms with E-state index >= 15 is 0 Å². The average molecular weight is 282 g/mol. The Balaban J connectivity index is 2.22. The topological polar surface area (TPSA) is 70.8 Å². The standard InChI is InChI=1S/C16H18N4O/c1-11-12(2)19-20-16(15(11)8-17)18-9-13-6-4-5-7-14(13)10-21-3/h4-7H,9-10H2,1-3H3,(H,18,20). The third kappa shape index (κ3) is 3.36. The van der Waals surface area contributed by atoms with Crippen molar-refractivity contribution in [3.63, 3.8) is 0 Å². The Morgan fingerprint density at radius 1 is 1.19 bits per heavy atom. The summed E-state index contributed by atoms with van der Waals surface area (Å²) >= 11 is 0. The van der Waals surface area contributed by atoms with Crippen LogP contribution in [0.25, 0.3) is 0 Å². The molecule has 0 radical (unpaired) electrons. The SMILES string of the molecule is COCc1ccccc1CNc1nnc(C)c(C)c1C#N. The Morgan fingerprint density at radius 3 is 2.57 bits per heavy atom. The van der Waals surface area contributed by atoms with E-state index in [1.807, 2.05) is 38.1 Å². The summed E-state index contributed by atoms with van der Waals surface area (Å²) in [6, 6.07) is 10.2. The first-order chi connectivity index (χ1) is 10.2. The van der Waals surface area contributed by atoms with Crippen LogP contribution in [0.15, 0.2) is 24.3 Å². The molecule has 0 fully saturated rings. The molecular weight excluding hydrogens is 264 g/mol. The highest BCUT2D eigenvalue weighted by molar-refractivity contribution is 5.56. The third-order valence-corrected chi connectivity index (χ3v) is 3.43. The molecule has 2 rings (SSSR count). The maximum Gasteiger partial charge on any atom is 0.167 e. The van der Waals surface area contributed by atoms with Crippen LogP contribution in [0.1, 0.15) is 27.9 Å². The van der Waals surface area contributed by atoms with Gasteiger partial charge in [0.25, 0.3) is 0 Å². The second kappa shape index (κ2) is 6.82. The zero-order chi connectivity index (χ0) is 15.2. The van der Waals surface area contributed by atoms with Gasteiger partial charge in [-0.3, -0.25) is 0 Å². The van der Waals surface area contributed by atoms with E-state index in [9.17, 15) is 5.26 Å². The molecule has 0 atom stereocenters. The lowest BCUT2D eigenvalue weighted by Gasteiger charge is -2.12. The van der Waals surface area contributed by atoms with Crippen LogP contribution in [0.2, 0.25) is 0 Å². The van der Waals surface area contributed by atoms with E-state index in [2.05, 4.69) is 21.6 Å². The lowest BCUT2D eigenvalue weighted by atomic mass is 10.1. The van der Waals surface area contributed by atoms with Crippen LogP contribution < -0.4 is 5.32 Å². The number of rotatable bonds is 5. The molecule has 1 aromatic heterocycles. The number of aryl methyl sites for hydroxylation is 1. The van der Waals surface area contributed by atoms with Gasteiger partial charge in [0, 0.05) is 13.7 Å². The van der Waals surface area contributed by atoms with Gasteiger partial charge in [-0.15, -0.1) is 5.10 Å². The van der Waals surface area contributed by atoms with Gasteiger partial charge in [-0.25, -0.2) is 0 Å². The van der Waals surface area contributed by atoms with E-state index in [0.29, 0.717) is 24.5 Å². The zero-order valence-electron chi connectivity index (χ0n) is 12.5. The van der Waals surface area contributed by atoms with E-state index in [4.69, 9.17) is 4.74 Å². The highest BCUT2D eigenvalue weighted by atomic mass is 16.5. The van der Waals surface area contributed by atoms with Crippen molar-refractivity contribution in [2.45, 2.75) is 27.0 Å². The molecule has 1 heterocycles. The molecule has 1 aromatic carbocycles. The second-order valence-corrected chi connectivity index (χ2v) is 4.80. The molecule has 0 aliphatic carbocycles. The predicted molar refractivity (Wildman–Crippen MR) is 80.7 cm³/mol. The van der Waals surface area contributed by atoms with E-state index in [1.54, 1.807) is 7.11 Å². The van der Waals surface area contributed by atoms with Crippen LogP contribution >= 0.6 is 0 Å². The van der Waals surface area contributed by atoms with Gasteiger partial charge in [0.1, 0.15) is 11.6 Å². The van der Waals surface area contributed by atoms with E-state index in [1.165, 1.54) is 0 Å². The number of ether oxygens (including phenoxy) is 1. The fourth-order valence-corrected chi connectivity index (χ4v) is 2.07. The molecule has 2 aromatic rings. The smallest absolute Gasteiger partial charge is 0.167 e. The summed E-state index contributed by atoms with van der Waals surface area (Å²) in [5.74, 6) is 0.521. The first-order valence-corrected chi connectivity index (χ1v) is 6.71. The lowest BCUT2D eigenvalue weighted by Crippen LogP contribution is -2.09. The summed E-state index contributed by atoms with van der Waals surface area (Å²) in [5.41, 5.74) is 4.41. The molecule has 0 saturated heterocycles. The molecule has 0 bridgehead atoms. The minimum atomic E-state index is 0.521. The van der Waals surface area contributed by atoms with Gasteiger partial charge in [-0.1, -0.05) is 24.3 Å². The fourth-order valence-electron chi connectivity index (χ4n) is 2.07. The van der Waals surface area contributed by atoms with E-state index in [0.717, 1.165) is 22.4 Å². The summed E-state index contributed by atoms with van der Waals surface area (Å²) in [6.45, 7) is 4.86. The molecule has 0 aliphatic rings. The highest BCUT2D eigenvalue weighted by Crippen LogP contribution is 2.18. The highest BCUT2D eigenvalue weighted by Gasteiger charge is 2.11. The van der Waals surface area contributed by atoms with Crippen molar-refractivity contribution in [2.24, 2.45) is 0 Å². The Kier molecular flexibility index (Phi) is 4.85. The summed E-state index contributed by atoms with van der Waals surface area (Å²) in [7, 11) is 1.67. The number of hydrogen-bond donors (Lipinski definition) is 1. The van der Waals surface area contributed by atoms with Gasteiger partial charge in [0.2, 0.25) is 0 Å². The number of anilines is 1. The van der Waals surface area contributed by atoms with E-state index < -0.39 is 0 Å². The first kappa shape index (κ1) is 14.9. The van der Waals surface area contributed by atoms with Crippen molar-refractivity contribution >= 4 is 5.82 Å². The lowest BCUT2D eigenvalue weighted by molar-refractivity contribution is 0.184. The molecule has 1 N–H and O–H groups in total. The molecule has 0 amide bonds. The number of aromatic nitrogens is 2. The van der Waals surface area contributed by atoms with Crippen LogP contribution in [-0.4, -0.2) is 17.3 Å². The summed E-state index contributed by atoms with van der Waals surface area (Å²) in [6.07, 6.45) is 0. The largest absolute Gasteiger partial charge is 0.380 e. The number of benzene rings is 1. The molecule has 0 spiro atoms. The Labute approximate surface area is 124 Å². The molecule has 0 unspecified atom stereocenters. The molecule has 5 nitrogen and oxygen atoms in total. The van der Waals surface area contributed by atoms with Crippen molar-refractivity contribution in [3.05, 3.63) is 52.2 Å². The Morgan fingerprint density at radius 2 is 1.90 bits per heavy atom. The monoisotopic (exact) mass is 282 g/mol. The van der Waals surface area contributed by atoms with Gasteiger partial charge in [-0.05, 0) is 30.5 Å². The van der Waals surface area contributed by atoms with Crippen LogP contribution in [0.3, 0.4) is 0 Å². The minimum Gasteiger partial charge on any atom is -0.380 e. The van der Waals surface area contributed by atoms with Crippen molar-refractivity contribution in [3.8, 4) is 6.07 Å². The van der Waals surface area contributed by atoms with Gasteiger partial charge in [0.05, 0.1) is 12.3 Å². The van der Waals surface area contributed by atoms with Gasteiger partial charge in [-0.2, -0.15) is 10.4 Å². The number of methoxy groups -OCH3 is 1. The fraction of sp³-hybridized carbons (Fsp3) is 0.312. The molecule has 108 valence electrons. The number of hydrogen-bond acceptors (Lipinski definition) is 5. The van der Waals surface area contributed by atoms with E-state index in [-0.39, 0.29) is 0 Å². The maximum absolute atomic E-state index is 9.28. The van der Waals surface area contributed by atoms with Crippen molar-refractivity contribution in [1.29, 1.82) is 5.26 Å². The molecule has 5 heteroatoms. The van der Waals surface area contributed by atoms with Gasteiger partial charge < -0.3 is 10.1 Å². The maximum atomic E-state index is 9.28. The quantitative estimate of drug-likeness (QED) is 0.913. The molecular formula is C16H18N4O. The van der Waals surface area contributed by atoms with Crippen LogP contribution in [0, 0.1) is 25.2 Å². The second-order valence-electron chi connectivity index (χ2n) is 4.80. The minimum absolute atomic E-state index is 0.521. The third-order valence-electron chi connectivity index (χ3n) is 3.43. The van der Waals surface area contributed by atoms with Crippen molar-refractivity contribution < 1.29 is 4.74 Å². The van der Waals surface area contributed by atoms with Gasteiger partial charge >= 0.3 is 0 Å². The first-order valence-electron chi connectivity index (χ1n) is 6.71. The van der Waals surface area contributed by atoms with Crippen LogP contribution in [0.5, 0.6) is 0 Å². The molecule has 21 heavy (non-hydrogen) atoms. The number of nitrogens with zero attached hydrogens (tertiary/aromatic N) is 3.